The van der Waals surface area contributed by atoms with Gasteiger partial charge in [-0.1, -0.05) is 0 Å². The van der Waals surface area contributed by atoms with E-state index in [1.807, 2.05) is 0 Å². The first-order valence-corrected chi connectivity index (χ1v) is 10.1. The molecule has 154 valence electrons. The molecule has 3 rings (SSSR count). The van der Waals surface area contributed by atoms with Crippen molar-refractivity contribution in [3.63, 3.8) is 0 Å². The van der Waals surface area contributed by atoms with E-state index in [1.54, 1.807) is 0 Å². The third kappa shape index (κ3) is 3.78. The van der Waals surface area contributed by atoms with Gasteiger partial charge >= 0.3 is 6.18 Å². The highest BCUT2D eigenvalue weighted by molar-refractivity contribution is 7.89. The number of fused-ring (bicyclic) bond motifs is 1. The Labute approximate surface area is 160 Å². The summed E-state index contributed by atoms with van der Waals surface area (Å²) in [5.41, 5.74) is -0.205. The second-order valence-corrected chi connectivity index (χ2v) is 8.59. The molecule has 0 bridgehead atoms. The van der Waals surface area contributed by atoms with E-state index >= 15 is 0 Å². The second-order valence-electron chi connectivity index (χ2n) is 6.70. The van der Waals surface area contributed by atoms with Crippen molar-refractivity contribution in [1.82, 2.24) is 4.31 Å². The molecule has 0 N–H and O–H groups in total. The van der Waals surface area contributed by atoms with Crippen molar-refractivity contribution in [2.45, 2.75) is 36.4 Å². The first kappa shape index (κ1) is 20.7. The number of ether oxygens (including phenoxy) is 1. The number of ketones is 1. The monoisotopic (exact) mass is 420 g/mol. The number of hydrogen-bond donors (Lipinski definition) is 0. The van der Waals surface area contributed by atoms with E-state index in [4.69, 9.17) is 4.74 Å². The fourth-order valence-corrected chi connectivity index (χ4v) is 5.23. The van der Waals surface area contributed by atoms with Gasteiger partial charge in [0.05, 0.1) is 29.2 Å². The normalized spacial score (nSPS) is 20.9. The Morgan fingerprint density at radius 2 is 1.96 bits per heavy atom. The summed E-state index contributed by atoms with van der Waals surface area (Å²) in [7, 11) is -2.46. The zero-order valence-corrected chi connectivity index (χ0v) is 15.8. The average molecular weight is 420 g/mol. The van der Waals surface area contributed by atoms with Crippen LogP contribution in [0, 0.1) is 0 Å². The molecule has 0 aliphatic carbocycles. The molecule has 2 aliphatic rings. The molecule has 28 heavy (non-hydrogen) atoms. The van der Waals surface area contributed by atoms with Crippen molar-refractivity contribution in [3.05, 3.63) is 23.8 Å². The van der Waals surface area contributed by atoms with Crippen molar-refractivity contribution in [2.24, 2.45) is 0 Å². The van der Waals surface area contributed by atoms with E-state index in [1.165, 1.54) is 23.5 Å². The maximum atomic E-state index is 13.0. The molecule has 7 nitrogen and oxygen atoms in total. The van der Waals surface area contributed by atoms with Gasteiger partial charge in [-0.3, -0.25) is 9.59 Å². The highest BCUT2D eigenvalue weighted by Gasteiger charge is 2.41. The highest BCUT2D eigenvalue weighted by Crippen LogP contribution is 2.34. The molecule has 2 aliphatic heterocycles. The summed E-state index contributed by atoms with van der Waals surface area (Å²) < 4.78 is 69.7. The molecule has 2 heterocycles. The lowest BCUT2D eigenvalue weighted by molar-refractivity contribution is -0.133. The number of methoxy groups -OCH3 is 1. The standard InChI is InChI=1S/C17H19F3N2O5S/c1-27-10-11-3-2-7-22(11)28(25,26)12-4-5-14-13(9-12)15(23)16(24)21(14)8-6-17(18,19)20/h4-5,9,11H,2-3,6-8,10H2,1H3/t11-/m0/s1. The summed E-state index contributed by atoms with van der Waals surface area (Å²) in [5, 5.41) is 0. The smallest absolute Gasteiger partial charge is 0.383 e. The number of alkyl halides is 3. The molecule has 1 fully saturated rings. The van der Waals surface area contributed by atoms with Gasteiger partial charge in [-0.25, -0.2) is 8.42 Å². The fourth-order valence-electron chi connectivity index (χ4n) is 3.52. The van der Waals surface area contributed by atoms with Crippen LogP contribution in [0.2, 0.25) is 0 Å². The van der Waals surface area contributed by atoms with E-state index in [0.717, 1.165) is 11.0 Å². The van der Waals surface area contributed by atoms with Crippen molar-refractivity contribution in [1.29, 1.82) is 0 Å². The maximum Gasteiger partial charge on any atom is 0.390 e. The predicted molar refractivity (Wildman–Crippen MR) is 92.6 cm³/mol. The Bertz CT molecular complexity index is 901. The number of anilines is 1. The first-order chi connectivity index (χ1) is 13.1. The number of rotatable bonds is 6. The molecule has 1 amide bonds. The van der Waals surface area contributed by atoms with E-state index in [9.17, 15) is 31.2 Å². The number of nitrogens with zero attached hydrogens (tertiary/aromatic N) is 2. The Hall–Kier alpha value is -1.98. The Kier molecular flexibility index (Phi) is 5.52. The zero-order valence-electron chi connectivity index (χ0n) is 15.0. The number of carbonyl (C=O) groups excluding carboxylic acids is 2. The van der Waals surface area contributed by atoms with E-state index < -0.39 is 40.9 Å². The number of hydrogen-bond acceptors (Lipinski definition) is 5. The quantitative estimate of drug-likeness (QED) is 0.657. The van der Waals surface area contributed by atoms with Crippen molar-refractivity contribution >= 4 is 27.4 Å². The van der Waals surface area contributed by atoms with Crippen LogP contribution >= 0.6 is 0 Å². The van der Waals surface area contributed by atoms with Crippen LogP contribution in [0.4, 0.5) is 18.9 Å². The molecule has 0 aromatic heterocycles. The molecule has 1 aromatic rings. The molecule has 1 aromatic carbocycles. The minimum Gasteiger partial charge on any atom is -0.383 e. The van der Waals surface area contributed by atoms with Crippen molar-refractivity contribution in [2.75, 3.05) is 31.7 Å². The fraction of sp³-hybridized carbons (Fsp3) is 0.529. The zero-order chi connectivity index (χ0) is 20.7. The van der Waals surface area contributed by atoms with Gasteiger partial charge in [-0.2, -0.15) is 17.5 Å². The van der Waals surface area contributed by atoms with E-state index in [-0.39, 0.29) is 28.8 Å². The van der Waals surface area contributed by atoms with Crippen LogP contribution in [0.5, 0.6) is 0 Å². The number of amides is 1. The number of halogens is 3. The summed E-state index contributed by atoms with van der Waals surface area (Å²) in [6, 6.07) is 3.16. The van der Waals surface area contributed by atoms with E-state index in [2.05, 4.69) is 0 Å². The first-order valence-electron chi connectivity index (χ1n) is 8.64. The number of sulfonamides is 1. The molecular formula is C17H19F3N2O5S. The molecule has 11 heteroatoms. The molecule has 0 spiro atoms. The summed E-state index contributed by atoms with van der Waals surface area (Å²) in [6.07, 6.45) is -4.44. The van der Waals surface area contributed by atoms with Crippen LogP contribution in [0.1, 0.15) is 29.6 Å². The molecular weight excluding hydrogens is 401 g/mol. The topological polar surface area (TPSA) is 84.0 Å². The van der Waals surface area contributed by atoms with Gasteiger partial charge < -0.3 is 9.64 Å². The third-order valence-corrected chi connectivity index (χ3v) is 6.80. The van der Waals surface area contributed by atoms with Crippen LogP contribution in [0.25, 0.3) is 0 Å². The number of benzene rings is 1. The minimum absolute atomic E-state index is 0.00642. The lowest BCUT2D eigenvalue weighted by Crippen LogP contribution is -2.38. The largest absolute Gasteiger partial charge is 0.390 e. The Balaban J connectivity index is 1.91. The predicted octanol–water partition coefficient (Wildman–Crippen LogP) is 1.97. The van der Waals surface area contributed by atoms with Crippen LogP contribution in [0.15, 0.2) is 23.1 Å². The summed E-state index contributed by atoms with van der Waals surface area (Å²) in [4.78, 5) is 24.8. The van der Waals surface area contributed by atoms with Crippen molar-refractivity contribution < 1.29 is 35.9 Å². The van der Waals surface area contributed by atoms with Gasteiger partial charge in [0, 0.05) is 26.2 Å². The van der Waals surface area contributed by atoms with Gasteiger partial charge in [0.1, 0.15) is 0 Å². The van der Waals surface area contributed by atoms with Crippen LogP contribution in [-0.2, 0) is 19.6 Å². The maximum absolute atomic E-state index is 13.0. The van der Waals surface area contributed by atoms with Gasteiger partial charge in [0.25, 0.3) is 11.7 Å². The second kappa shape index (κ2) is 7.45. The molecule has 0 radical (unpaired) electrons. The SMILES string of the molecule is COC[C@@H]1CCCN1S(=O)(=O)c1ccc2c(c1)C(=O)C(=O)N2CCC(F)(F)F. The summed E-state index contributed by atoms with van der Waals surface area (Å²) in [5.74, 6) is -2.10. The van der Waals surface area contributed by atoms with Crippen LogP contribution < -0.4 is 4.90 Å². The lowest BCUT2D eigenvalue weighted by Gasteiger charge is -2.24. The minimum atomic E-state index is -4.48. The Morgan fingerprint density at radius 1 is 1.25 bits per heavy atom. The third-order valence-electron chi connectivity index (χ3n) is 4.85. The van der Waals surface area contributed by atoms with Crippen LogP contribution in [0.3, 0.4) is 0 Å². The van der Waals surface area contributed by atoms with Gasteiger partial charge in [-0.15, -0.1) is 0 Å². The van der Waals surface area contributed by atoms with Crippen LogP contribution in [-0.4, -0.2) is 63.4 Å². The van der Waals surface area contributed by atoms with E-state index in [0.29, 0.717) is 19.4 Å². The van der Waals surface area contributed by atoms with Gasteiger partial charge in [0.2, 0.25) is 10.0 Å². The lowest BCUT2D eigenvalue weighted by atomic mass is 10.1. The Morgan fingerprint density at radius 3 is 2.61 bits per heavy atom. The molecule has 1 saturated heterocycles. The summed E-state index contributed by atoms with van der Waals surface area (Å²) >= 11 is 0. The molecule has 0 unspecified atom stereocenters. The van der Waals surface area contributed by atoms with Crippen molar-refractivity contribution in [3.8, 4) is 0 Å². The van der Waals surface area contributed by atoms with Gasteiger partial charge in [0.15, 0.2) is 0 Å². The molecule has 1 atom stereocenters. The number of Topliss-reactive ketones (excluding diaryl/α,β-unsaturated/α-hetero) is 1. The average Bonchev–Trinajstić information content (AvgIpc) is 3.17. The number of carbonyl (C=O) groups is 2. The molecule has 0 saturated carbocycles. The van der Waals surface area contributed by atoms with Gasteiger partial charge in [-0.05, 0) is 31.0 Å². The highest BCUT2D eigenvalue weighted by atomic mass is 32.2. The summed E-state index contributed by atoms with van der Waals surface area (Å²) in [6.45, 7) is -0.167.